The minimum Gasteiger partial charge on any atom is -0.220 e. The standard InChI is InChI=1S/C7H5F6N3/c8-5(9)2-1-4-14-3-15-16(4)7(12,13)6(5,10)11/h3H,1-2H2. The van der Waals surface area contributed by atoms with Gasteiger partial charge in [0.1, 0.15) is 12.2 Å². The third kappa shape index (κ3) is 1.17. The number of rotatable bonds is 0. The second-order valence-electron chi connectivity index (χ2n) is 3.41. The van der Waals surface area contributed by atoms with E-state index in [1.54, 1.807) is 0 Å². The molecule has 0 aromatic carbocycles. The van der Waals surface area contributed by atoms with Crippen LogP contribution in [-0.2, 0) is 12.5 Å². The van der Waals surface area contributed by atoms with Crippen molar-refractivity contribution in [3.05, 3.63) is 12.2 Å². The van der Waals surface area contributed by atoms with Gasteiger partial charge in [-0.3, -0.25) is 0 Å². The van der Waals surface area contributed by atoms with Gasteiger partial charge in [-0.25, -0.2) is 4.98 Å². The maximum Gasteiger partial charge on any atom is 0.414 e. The number of hydrogen-bond donors (Lipinski definition) is 0. The molecule has 16 heavy (non-hydrogen) atoms. The number of aryl methyl sites for hydroxylation is 1. The Morgan fingerprint density at radius 2 is 1.75 bits per heavy atom. The van der Waals surface area contributed by atoms with Crippen molar-refractivity contribution >= 4 is 0 Å². The molecule has 1 aliphatic heterocycles. The Kier molecular flexibility index (Phi) is 2.02. The normalized spacial score (nSPS) is 25.9. The van der Waals surface area contributed by atoms with Crippen LogP contribution in [0.5, 0.6) is 0 Å². The van der Waals surface area contributed by atoms with E-state index in [0.29, 0.717) is 6.33 Å². The van der Waals surface area contributed by atoms with E-state index in [-0.39, 0.29) is 0 Å². The second kappa shape index (κ2) is 2.89. The molecule has 0 spiro atoms. The molecular formula is C7H5F6N3. The van der Waals surface area contributed by atoms with Crippen molar-refractivity contribution in [3.8, 4) is 0 Å². The van der Waals surface area contributed by atoms with Gasteiger partial charge < -0.3 is 0 Å². The van der Waals surface area contributed by atoms with E-state index >= 15 is 0 Å². The molecule has 90 valence electrons. The van der Waals surface area contributed by atoms with Crippen LogP contribution in [0.15, 0.2) is 6.33 Å². The first kappa shape index (κ1) is 11.2. The molecule has 0 bridgehead atoms. The summed E-state index contributed by atoms with van der Waals surface area (Å²) in [6, 6.07) is -5.08. The Morgan fingerprint density at radius 3 is 2.38 bits per heavy atom. The maximum absolute atomic E-state index is 13.2. The van der Waals surface area contributed by atoms with Crippen LogP contribution in [0.3, 0.4) is 0 Å². The number of alkyl halides is 6. The summed E-state index contributed by atoms with van der Waals surface area (Å²) < 4.78 is 77.7. The van der Waals surface area contributed by atoms with Gasteiger partial charge in [0, 0.05) is 12.8 Å². The largest absolute Gasteiger partial charge is 0.414 e. The summed E-state index contributed by atoms with van der Waals surface area (Å²) in [7, 11) is 0. The van der Waals surface area contributed by atoms with E-state index in [2.05, 4.69) is 10.1 Å². The van der Waals surface area contributed by atoms with Gasteiger partial charge in [0.25, 0.3) is 0 Å². The number of halogens is 6. The molecule has 3 nitrogen and oxygen atoms in total. The van der Waals surface area contributed by atoms with E-state index in [9.17, 15) is 26.3 Å². The van der Waals surface area contributed by atoms with Gasteiger partial charge in [-0.05, 0) is 0 Å². The molecule has 1 aliphatic rings. The van der Waals surface area contributed by atoms with E-state index < -0.39 is 41.2 Å². The summed E-state index contributed by atoms with van der Waals surface area (Å²) >= 11 is 0. The molecule has 0 saturated heterocycles. The first-order chi connectivity index (χ1) is 7.20. The molecular weight excluding hydrogens is 240 g/mol. The van der Waals surface area contributed by atoms with Crippen LogP contribution < -0.4 is 0 Å². The number of fused-ring (bicyclic) bond motifs is 1. The lowest BCUT2D eigenvalue weighted by molar-refractivity contribution is -0.342. The summed E-state index contributed by atoms with van der Waals surface area (Å²) in [4.78, 5) is 3.25. The Bertz CT molecular complexity index is 412. The van der Waals surface area contributed by atoms with Crippen LogP contribution in [0.2, 0.25) is 0 Å². The lowest BCUT2D eigenvalue weighted by Gasteiger charge is -2.30. The van der Waals surface area contributed by atoms with Crippen LogP contribution >= 0.6 is 0 Å². The summed E-state index contributed by atoms with van der Waals surface area (Å²) in [6.45, 7) is 0. The van der Waals surface area contributed by atoms with Crippen molar-refractivity contribution in [2.45, 2.75) is 30.7 Å². The molecule has 0 N–H and O–H groups in total. The molecule has 1 aromatic heterocycles. The van der Waals surface area contributed by atoms with Gasteiger partial charge in [-0.2, -0.15) is 36.1 Å². The molecule has 9 heteroatoms. The maximum atomic E-state index is 13.2. The van der Waals surface area contributed by atoms with E-state index in [4.69, 9.17) is 0 Å². The van der Waals surface area contributed by atoms with E-state index in [1.807, 2.05) is 0 Å². The topological polar surface area (TPSA) is 30.7 Å². The van der Waals surface area contributed by atoms with Crippen molar-refractivity contribution < 1.29 is 26.3 Å². The highest BCUT2D eigenvalue weighted by Crippen LogP contribution is 2.51. The highest BCUT2D eigenvalue weighted by atomic mass is 19.3. The van der Waals surface area contributed by atoms with Crippen molar-refractivity contribution in [1.29, 1.82) is 0 Å². The van der Waals surface area contributed by atoms with Crippen molar-refractivity contribution in [1.82, 2.24) is 14.8 Å². The lowest BCUT2D eigenvalue weighted by Crippen LogP contribution is -2.54. The van der Waals surface area contributed by atoms with Crippen LogP contribution in [-0.4, -0.2) is 26.6 Å². The summed E-state index contributed by atoms with van der Waals surface area (Å²) in [6.07, 6.45) is -1.45. The average Bonchev–Trinajstić information content (AvgIpc) is 2.60. The quantitative estimate of drug-likeness (QED) is 0.655. The van der Waals surface area contributed by atoms with Gasteiger partial charge in [-0.1, -0.05) is 0 Å². The predicted molar refractivity (Wildman–Crippen MR) is 38.4 cm³/mol. The Morgan fingerprint density at radius 1 is 1.12 bits per heavy atom. The van der Waals surface area contributed by atoms with Crippen LogP contribution in [0.25, 0.3) is 0 Å². The lowest BCUT2D eigenvalue weighted by atomic mass is 10.1. The zero-order valence-electron chi connectivity index (χ0n) is 7.60. The predicted octanol–water partition coefficient (Wildman–Crippen LogP) is 2.04. The number of nitrogens with zero attached hydrogens (tertiary/aromatic N) is 3. The third-order valence-corrected chi connectivity index (χ3v) is 2.38. The molecule has 0 atom stereocenters. The molecule has 0 unspecified atom stereocenters. The van der Waals surface area contributed by atoms with Crippen molar-refractivity contribution in [3.63, 3.8) is 0 Å². The van der Waals surface area contributed by atoms with Crippen LogP contribution in [0, 0.1) is 0 Å². The molecule has 1 aromatic rings. The Labute approximate surface area is 85.1 Å². The summed E-state index contributed by atoms with van der Waals surface area (Å²) in [5, 5.41) is 2.87. The fourth-order valence-corrected chi connectivity index (χ4v) is 1.45. The first-order valence-corrected chi connectivity index (χ1v) is 4.23. The van der Waals surface area contributed by atoms with Crippen molar-refractivity contribution in [2.75, 3.05) is 0 Å². The average molecular weight is 245 g/mol. The molecule has 0 radical (unpaired) electrons. The zero-order valence-corrected chi connectivity index (χ0v) is 7.60. The smallest absolute Gasteiger partial charge is 0.220 e. The minimum absolute atomic E-state index is 0.437. The Balaban J connectivity index is 2.61. The summed E-state index contributed by atoms with van der Waals surface area (Å²) in [5.74, 6) is -10.9. The van der Waals surface area contributed by atoms with E-state index in [1.165, 1.54) is 0 Å². The van der Waals surface area contributed by atoms with Gasteiger partial charge in [0.15, 0.2) is 0 Å². The molecule has 0 saturated carbocycles. The van der Waals surface area contributed by atoms with Gasteiger partial charge in [-0.15, -0.1) is 0 Å². The molecule has 0 fully saturated rings. The van der Waals surface area contributed by atoms with Gasteiger partial charge in [0.2, 0.25) is 0 Å². The number of aromatic nitrogens is 3. The summed E-state index contributed by atoms with van der Waals surface area (Å²) in [5.41, 5.74) is 0. The molecule has 0 amide bonds. The first-order valence-electron chi connectivity index (χ1n) is 4.23. The zero-order chi connectivity index (χ0) is 12.2. The fourth-order valence-electron chi connectivity index (χ4n) is 1.45. The van der Waals surface area contributed by atoms with E-state index in [0.717, 1.165) is 0 Å². The van der Waals surface area contributed by atoms with Crippen LogP contribution in [0.1, 0.15) is 12.2 Å². The second-order valence-corrected chi connectivity index (χ2v) is 3.41. The van der Waals surface area contributed by atoms with Crippen LogP contribution in [0.4, 0.5) is 26.3 Å². The fraction of sp³-hybridized carbons (Fsp3) is 0.714. The highest BCUT2D eigenvalue weighted by molar-refractivity contribution is 5.03. The monoisotopic (exact) mass is 245 g/mol. The third-order valence-electron chi connectivity index (χ3n) is 2.38. The highest BCUT2D eigenvalue weighted by Gasteiger charge is 2.74. The minimum atomic E-state index is -5.49. The SMILES string of the molecule is FC1(F)CCc2ncnn2C(F)(F)C1(F)F. The van der Waals surface area contributed by atoms with Gasteiger partial charge in [0.05, 0.1) is 0 Å². The van der Waals surface area contributed by atoms with Crippen molar-refractivity contribution in [2.24, 2.45) is 0 Å². The molecule has 0 aliphatic carbocycles. The molecule has 2 heterocycles. The Hall–Kier alpha value is -1.28. The van der Waals surface area contributed by atoms with Gasteiger partial charge >= 0.3 is 17.9 Å². The number of hydrogen-bond acceptors (Lipinski definition) is 2. The molecule has 2 rings (SSSR count).